The quantitative estimate of drug-likeness (QED) is 0.445. The molecule has 0 spiro atoms. The predicted molar refractivity (Wildman–Crippen MR) is 101 cm³/mol. The molecule has 0 amide bonds. The number of carbonyl (C=O) groups is 1. The van der Waals surface area contributed by atoms with E-state index in [0.29, 0.717) is 13.0 Å². The monoisotopic (exact) mass is 345 g/mol. The van der Waals surface area contributed by atoms with E-state index in [1.165, 1.54) is 0 Å². The van der Waals surface area contributed by atoms with Crippen molar-refractivity contribution < 1.29 is 9.90 Å². The normalized spacial score (nSPS) is 11.1. The van der Waals surface area contributed by atoms with Gasteiger partial charge in [0.2, 0.25) is 0 Å². The molecule has 0 aliphatic heterocycles. The van der Waals surface area contributed by atoms with Crippen LogP contribution < -0.4 is 17.6 Å². The molecule has 0 saturated heterocycles. The van der Waals surface area contributed by atoms with Crippen LogP contribution in [0.4, 0.5) is 11.4 Å². The second-order valence-electron chi connectivity index (χ2n) is 5.10. The number of hydrogen-bond donors (Lipinski definition) is 4. The minimum absolute atomic E-state index is 0. The molecule has 136 valence electrons. The third-order valence-corrected chi connectivity index (χ3v) is 3.08. The van der Waals surface area contributed by atoms with Crippen LogP contribution in [0.2, 0.25) is 0 Å². The van der Waals surface area contributed by atoms with Crippen molar-refractivity contribution in [3.63, 3.8) is 0 Å². The molecule has 0 aliphatic carbocycles. The van der Waals surface area contributed by atoms with Crippen LogP contribution in [0.15, 0.2) is 70.9 Å². The summed E-state index contributed by atoms with van der Waals surface area (Å²) in [4.78, 5) is 10.1. The zero-order valence-corrected chi connectivity index (χ0v) is 14.3. The summed E-state index contributed by atoms with van der Waals surface area (Å²) < 4.78 is 0. The Kier molecular flexibility index (Phi) is 12.4. The Morgan fingerprint density at radius 1 is 0.920 bits per heavy atom. The molecule has 0 radical (unpaired) electrons. The van der Waals surface area contributed by atoms with Gasteiger partial charge in [0.1, 0.15) is 6.04 Å². The van der Waals surface area contributed by atoms with Crippen molar-refractivity contribution in [3.8, 4) is 0 Å². The third kappa shape index (κ3) is 10.7. The van der Waals surface area contributed by atoms with E-state index >= 15 is 0 Å². The van der Waals surface area contributed by atoms with Crippen molar-refractivity contribution in [1.82, 2.24) is 6.15 Å². The summed E-state index contributed by atoms with van der Waals surface area (Å²) in [7, 11) is 0. The van der Waals surface area contributed by atoms with E-state index in [0.717, 1.165) is 24.2 Å². The minimum atomic E-state index is -0.933. The summed E-state index contributed by atoms with van der Waals surface area (Å²) in [6, 6.07) is 18.7. The van der Waals surface area contributed by atoms with Gasteiger partial charge in [0.25, 0.3) is 0 Å². The Hall–Kier alpha value is -2.61. The zero-order chi connectivity index (χ0) is 17.6. The molecule has 0 saturated carbocycles. The Morgan fingerprint density at radius 3 is 1.72 bits per heavy atom. The molecular formula is C18H27N5O2. The van der Waals surface area contributed by atoms with E-state index in [9.17, 15) is 4.79 Å². The van der Waals surface area contributed by atoms with Gasteiger partial charge in [-0.3, -0.25) is 4.79 Å². The highest BCUT2D eigenvalue weighted by Gasteiger charge is 2.09. The fourth-order valence-corrected chi connectivity index (χ4v) is 1.74. The molecule has 7 nitrogen and oxygen atoms in total. The average molecular weight is 345 g/mol. The lowest BCUT2D eigenvalue weighted by molar-refractivity contribution is -0.138. The predicted octanol–water partition coefficient (Wildman–Crippen LogP) is 3.79. The molecule has 2 rings (SSSR count). The maximum absolute atomic E-state index is 10.1. The Balaban J connectivity index is 0.000000471. The zero-order valence-electron chi connectivity index (χ0n) is 14.3. The smallest absolute Gasteiger partial charge is 0.320 e. The number of azo groups is 1. The van der Waals surface area contributed by atoms with E-state index in [4.69, 9.17) is 16.6 Å². The highest BCUT2D eigenvalue weighted by atomic mass is 16.4. The van der Waals surface area contributed by atoms with Gasteiger partial charge < -0.3 is 22.7 Å². The largest absolute Gasteiger partial charge is 0.480 e. The first-order valence-electron chi connectivity index (χ1n) is 7.83. The van der Waals surface area contributed by atoms with Crippen molar-refractivity contribution in [2.24, 2.45) is 21.7 Å². The molecule has 0 heterocycles. The summed E-state index contributed by atoms with van der Waals surface area (Å²) >= 11 is 0. The van der Waals surface area contributed by atoms with Gasteiger partial charge in [0, 0.05) is 0 Å². The fraction of sp³-hybridized carbons (Fsp3) is 0.278. The maximum atomic E-state index is 10.1. The number of carboxylic acid groups (broad SMARTS) is 1. The second kappa shape index (κ2) is 13.8. The van der Waals surface area contributed by atoms with Crippen LogP contribution in [-0.2, 0) is 4.79 Å². The SMILES string of the molecule is N.NCCCCC(N)C(=O)O.c1ccc(N=Nc2ccccc2)cc1. The summed E-state index contributed by atoms with van der Waals surface area (Å²) in [5, 5.41) is 16.5. The number of hydrogen-bond acceptors (Lipinski definition) is 6. The number of carboxylic acids is 1. The summed E-state index contributed by atoms with van der Waals surface area (Å²) in [5.74, 6) is -0.933. The third-order valence-electron chi connectivity index (χ3n) is 3.08. The highest BCUT2D eigenvalue weighted by Crippen LogP contribution is 2.16. The second-order valence-corrected chi connectivity index (χ2v) is 5.10. The van der Waals surface area contributed by atoms with E-state index in [2.05, 4.69) is 10.2 Å². The lowest BCUT2D eigenvalue weighted by atomic mass is 10.1. The molecule has 1 unspecified atom stereocenters. The first-order chi connectivity index (χ1) is 11.6. The number of rotatable bonds is 7. The molecule has 0 aliphatic rings. The van der Waals surface area contributed by atoms with Gasteiger partial charge >= 0.3 is 5.97 Å². The first kappa shape index (κ1) is 22.4. The average Bonchev–Trinajstić information content (AvgIpc) is 2.62. The molecule has 0 fully saturated rings. The van der Waals surface area contributed by atoms with Gasteiger partial charge in [-0.25, -0.2) is 0 Å². The van der Waals surface area contributed by atoms with Gasteiger partial charge in [0.05, 0.1) is 11.4 Å². The Labute approximate surface area is 148 Å². The van der Waals surface area contributed by atoms with Crippen LogP contribution in [-0.4, -0.2) is 23.7 Å². The Bertz CT molecular complexity index is 564. The van der Waals surface area contributed by atoms with Crippen LogP contribution in [0.1, 0.15) is 19.3 Å². The van der Waals surface area contributed by atoms with Crippen molar-refractivity contribution >= 4 is 17.3 Å². The van der Waals surface area contributed by atoms with E-state index in [1.54, 1.807) is 0 Å². The Morgan fingerprint density at radius 2 is 1.36 bits per heavy atom. The van der Waals surface area contributed by atoms with Crippen molar-refractivity contribution in [2.45, 2.75) is 25.3 Å². The van der Waals surface area contributed by atoms with Gasteiger partial charge in [0.15, 0.2) is 0 Å². The molecular weight excluding hydrogens is 318 g/mol. The molecule has 2 aromatic rings. The van der Waals surface area contributed by atoms with Gasteiger partial charge in [-0.1, -0.05) is 42.8 Å². The number of unbranched alkanes of at least 4 members (excludes halogenated alkanes) is 1. The molecule has 8 N–H and O–H groups in total. The summed E-state index contributed by atoms with van der Waals surface area (Å²) in [6.45, 7) is 0.604. The lowest BCUT2D eigenvalue weighted by Crippen LogP contribution is -2.29. The van der Waals surface area contributed by atoms with Crippen molar-refractivity contribution in [3.05, 3.63) is 60.7 Å². The van der Waals surface area contributed by atoms with Crippen LogP contribution in [0.3, 0.4) is 0 Å². The first-order valence-corrected chi connectivity index (χ1v) is 7.83. The fourth-order valence-electron chi connectivity index (χ4n) is 1.74. The molecule has 0 bridgehead atoms. The van der Waals surface area contributed by atoms with Crippen molar-refractivity contribution in [1.29, 1.82) is 0 Å². The standard InChI is InChI=1S/C12H10N2.C6H14N2O2.H3N/c1-3-7-11(8-4-1)13-14-12-9-5-2-6-10-12;7-4-2-1-3-5(8)6(9)10;/h1-10H;5H,1-4,7-8H2,(H,9,10);1H3. The van der Waals surface area contributed by atoms with Crippen LogP contribution in [0, 0.1) is 0 Å². The minimum Gasteiger partial charge on any atom is -0.480 e. The van der Waals surface area contributed by atoms with E-state index in [1.807, 2.05) is 60.7 Å². The van der Waals surface area contributed by atoms with Crippen LogP contribution >= 0.6 is 0 Å². The molecule has 2 aromatic carbocycles. The van der Waals surface area contributed by atoms with Gasteiger partial charge in [-0.2, -0.15) is 10.2 Å². The number of aliphatic carboxylic acids is 1. The van der Waals surface area contributed by atoms with Crippen LogP contribution in [0.5, 0.6) is 0 Å². The lowest BCUT2D eigenvalue weighted by Gasteiger charge is -2.03. The van der Waals surface area contributed by atoms with E-state index in [-0.39, 0.29) is 6.15 Å². The van der Waals surface area contributed by atoms with Crippen LogP contribution in [0.25, 0.3) is 0 Å². The number of nitrogens with two attached hydrogens (primary N) is 2. The van der Waals surface area contributed by atoms with Crippen molar-refractivity contribution in [2.75, 3.05) is 6.54 Å². The van der Waals surface area contributed by atoms with Gasteiger partial charge in [-0.05, 0) is 43.7 Å². The molecule has 1 atom stereocenters. The summed E-state index contributed by atoms with van der Waals surface area (Å²) in [6.07, 6.45) is 2.16. The van der Waals surface area contributed by atoms with E-state index < -0.39 is 12.0 Å². The maximum Gasteiger partial charge on any atom is 0.320 e. The highest BCUT2D eigenvalue weighted by molar-refractivity contribution is 5.72. The molecule has 7 heteroatoms. The topological polar surface area (TPSA) is 149 Å². The number of benzene rings is 2. The van der Waals surface area contributed by atoms with Gasteiger partial charge in [-0.15, -0.1) is 0 Å². The molecule has 0 aromatic heterocycles. The summed E-state index contributed by atoms with van der Waals surface area (Å²) in [5.41, 5.74) is 12.2. The molecule has 25 heavy (non-hydrogen) atoms. The number of nitrogens with zero attached hydrogens (tertiary/aromatic N) is 2.